The number of nitrogens with one attached hydrogen (secondary N) is 2. The molecule has 0 aliphatic carbocycles. The minimum absolute atomic E-state index is 0.154. The van der Waals surface area contributed by atoms with Crippen molar-refractivity contribution in [3.05, 3.63) is 70.8 Å². The van der Waals surface area contributed by atoms with E-state index in [0.717, 1.165) is 36.7 Å². The van der Waals surface area contributed by atoms with Crippen molar-refractivity contribution in [2.45, 2.75) is 0 Å². The minimum Gasteiger partial charge on any atom is -0.262 e. The Kier molecular flexibility index (Phi) is 6.15. The Labute approximate surface area is 144 Å². The third kappa shape index (κ3) is 5.23. The zero-order chi connectivity index (χ0) is 19.1. The third-order valence-corrected chi connectivity index (χ3v) is 2.85. The Hall–Kier alpha value is -3.56. The Morgan fingerprint density at radius 3 is 1.42 bits per heavy atom. The summed E-state index contributed by atoms with van der Waals surface area (Å²) < 4.78 is 51.4. The number of benzene rings is 2. The van der Waals surface area contributed by atoms with Crippen LogP contribution in [-0.4, -0.2) is 24.2 Å². The van der Waals surface area contributed by atoms with Crippen molar-refractivity contribution in [1.29, 1.82) is 0 Å². The van der Waals surface area contributed by atoms with Crippen molar-refractivity contribution >= 4 is 24.2 Å². The van der Waals surface area contributed by atoms with E-state index < -0.39 is 35.1 Å². The normalized spacial score (nSPS) is 11.1. The summed E-state index contributed by atoms with van der Waals surface area (Å²) in [5, 5.41) is 6.81. The molecule has 0 unspecified atom stereocenters. The fourth-order valence-electron chi connectivity index (χ4n) is 1.62. The van der Waals surface area contributed by atoms with Crippen LogP contribution in [0.2, 0.25) is 0 Å². The van der Waals surface area contributed by atoms with Crippen LogP contribution in [0.25, 0.3) is 0 Å². The SMILES string of the molecule is O=C(N/N=C\c1ccc(F)c(F)c1)C(=O)N/N=C\c1ccc(F)c(F)c1. The van der Waals surface area contributed by atoms with E-state index in [9.17, 15) is 27.2 Å². The summed E-state index contributed by atoms with van der Waals surface area (Å²) in [4.78, 5) is 22.9. The van der Waals surface area contributed by atoms with Gasteiger partial charge in [0.1, 0.15) is 0 Å². The lowest BCUT2D eigenvalue weighted by atomic mass is 10.2. The maximum Gasteiger partial charge on any atom is 0.331 e. The molecule has 2 N–H and O–H groups in total. The van der Waals surface area contributed by atoms with Gasteiger partial charge in [-0.3, -0.25) is 9.59 Å². The van der Waals surface area contributed by atoms with E-state index >= 15 is 0 Å². The van der Waals surface area contributed by atoms with E-state index in [1.165, 1.54) is 12.1 Å². The molecule has 0 aliphatic rings. The van der Waals surface area contributed by atoms with Crippen LogP contribution in [0.15, 0.2) is 46.6 Å². The molecule has 2 amide bonds. The molecule has 2 rings (SSSR count). The molecule has 134 valence electrons. The predicted octanol–water partition coefficient (Wildman–Crippen LogP) is 1.84. The maximum absolute atomic E-state index is 13.0. The molecule has 0 saturated carbocycles. The number of halogens is 4. The molecule has 0 saturated heterocycles. The summed E-state index contributed by atoms with van der Waals surface area (Å²) in [5.41, 5.74) is 4.01. The lowest BCUT2D eigenvalue weighted by Crippen LogP contribution is -2.35. The lowest BCUT2D eigenvalue weighted by molar-refractivity contribution is -0.139. The summed E-state index contributed by atoms with van der Waals surface area (Å²) in [6.07, 6.45) is 2.00. The van der Waals surface area contributed by atoms with E-state index in [-0.39, 0.29) is 11.1 Å². The molecular weight excluding hydrogens is 356 g/mol. The van der Waals surface area contributed by atoms with Gasteiger partial charge in [0, 0.05) is 0 Å². The number of carbonyl (C=O) groups excluding carboxylic acids is 2. The number of hydrazone groups is 2. The van der Waals surface area contributed by atoms with Gasteiger partial charge in [-0.1, -0.05) is 12.1 Å². The summed E-state index contributed by atoms with van der Waals surface area (Å²) >= 11 is 0. The van der Waals surface area contributed by atoms with Gasteiger partial charge in [-0.2, -0.15) is 10.2 Å². The van der Waals surface area contributed by atoms with E-state index in [1.54, 1.807) is 0 Å². The first-order valence-corrected chi connectivity index (χ1v) is 6.93. The fraction of sp³-hybridized carbons (Fsp3) is 0. The molecule has 0 heterocycles. The number of rotatable bonds is 4. The number of nitrogens with zero attached hydrogens (tertiary/aromatic N) is 2. The van der Waals surface area contributed by atoms with Crippen molar-refractivity contribution in [2.75, 3.05) is 0 Å². The molecule has 0 aromatic heterocycles. The first-order valence-electron chi connectivity index (χ1n) is 6.93. The van der Waals surface area contributed by atoms with Crippen LogP contribution >= 0.6 is 0 Å². The highest BCUT2D eigenvalue weighted by Gasteiger charge is 2.11. The number of hydrogen-bond donors (Lipinski definition) is 2. The van der Waals surface area contributed by atoms with Gasteiger partial charge in [-0.05, 0) is 35.4 Å². The van der Waals surface area contributed by atoms with Crippen molar-refractivity contribution in [3.63, 3.8) is 0 Å². The van der Waals surface area contributed by atoms with Gasteiger partial charge >= 0.3 is 11.8 Å². The molecule has 10 heteroatoms. The highest BCUT2D eigenvalue weighted by Crippen LogP contribution is 2.07. The molecule has 26 heavy (non-hydrogen) atoms. The zero-order valence-corrected chi connectivity index (χ0v) is 12.8. The maximum atomic E-state index is 13.0. The first kappa shape index (κ1) is 18.8. The Morgan fingerprint density at radius 2 is 1.08 bits per heavy atom. The van der Waals surface area contributed by atoms with Crippen LogP contribution in [0.1, 0.15) is 11.1 Å². The van der Waals surface area contributed by atoms with Gasteiger partial charge in [-0.15, -0.1) is 0 Å². The molecule has 0 aliphatic heterocycles. The lowest BCUT2D eigenvalue weighted by Gasteiger charge is -1.99. The van der Waals surface area contributed by atoms with Gasteiger partial charge in [0.15, 0.2) is 23.3 Å². The molecule has 0 bridgehead atoms. The summed E-state index contributed by atoms with van der Waals surface area (Å²) in [5.74, 6) is -6.64. The molecule has 0 fully saturated rings. The number of carbonyl (C=O) groups is 2. The fourth-order valence-corrected chi connectivity index (χ4v) is 1.62. The van der Waals surface area contributed by atoms with E-state index in [0.29, 0.717) is 0 Å². The minimum atomic E-state index is -1.19. The van der Waals surface area contributed by atoms with Crippen LogP contribution < -0.4 is 10.9 Å². The Bertz CT molecular complexity index is 826. The standard InChI is InChI=1S/C16H10F4N4O2/c17-11-3-1-9(5-13(11)19)7-21-23-15(25)16(26)24-22-8-10-2-4-12(18)14(20)6-10/h1-8H,(H,23,25)(H,24,26)/b21-7-,22-8-. The van der Waals surface area contributed by atoms with Crippen molar-refractivity contribution in [2.24, 2.45) is 10.2 Å². The van der Waals surface area contributed by atoms with Crippen molar-refractivity contribution in [1.82, 2.24) is 10.9 Å². The number of hydrogen-bond acceptors (Lipinski definition) is 4. The first-order chi connectivity index (χ1) is 12.4. The Balaban J connectivity index is 1.85. The van der Waals surface area contributed by atoms with E-state index in [2.05, 4.69) is 10.2 Å². The van der Waals surface area contributed by atoms with E-state index in [4.69, 9.17) is 0 Å². The second-order valence-corrected chi connectivity index (χ2v) is 4.75. The smallest absolute Gasteiger partial charge is 0.262 e. The molecule has 0 radical (unpaired) electrons. The highest BCUT2D eigenvalue weighted by molar-refractivity contribution is 6.35. The van der Waals surface area contributed by atoms with E-state index in [1.807, 2.05) is 10.9 Å². The quantitative estimate of drug-likeness (QED) is 0.375. The second kappa shape index (κ2) is 8.51. The molecule has 0 spiro atoms. The molecule has 6 nitrogen and oxygen atoms in total. The highest BCUT2D eigenvalue weighted by atomic mass is 19.2. The van der Waals surface area contributed by atoms with Gasteiger partial charge in [0.25, 0.3) is 0 Å². The average Bonchev–Trinajstić information content (AvgIpc) is 2.61. The Morgan fingerprint density at radius 1 is 0.692 bits per heavy atom. The second-order valence-electron chi connectivity index (χ2n) is 4.75. The van der Waals surface area contributed by atoms with Crippen LogP contribution in [0.3, 0.4) is 0 Å². The zero-order valence-electron chi connectivity index (χ0n) is 12.8. The van der Waals surface area contributed by atoms with Crippen LogP contribution in [0.5, 0.6) is 0 Å². The number of amides is 2. The van der Waals surface area contributed by atoms with Crippen molar-refractivity contribution < 1.29 is 27.2 Å². The molecule has 2 aromatic rings. The largest absolute Gasteiger partial charge is 0.331 e. The summed E-state index contributed by atoms with van der Waals surface area (Å²) in [6, 6.07) is 5.85. The van der Waals surface area contributed by atoms with Gasteiger partial charge in [0.05, 0.1) is 12.4 Å². The molecular formula is C16H10F4N4O2. The molecule has 0 atom stereocenters. The average molecular weight is 366 g/mol. The predicted molar refractivity (Wildman–Crippen MR) is 84.2 cm³/mol. The van der Waals surface area contributed by atoms with Crippen LogP contribution in [0.4, 0.5) is 17.6 Å². The van der Waals surface area contributed by atoms with Gasteiger partial charge in [-0.25, -0.2) is 28.4 Å². The monoisotopic (exact) mass is 366 g/mol. The molecule has 2 aromatic carbocycles. The van der Waals surface area contributed by atoms with Crippen LogP contribution in [0, 0.1) is 23.3 Å². The summed E-state index contributed by atoms with van der Waals surface area (Å²) in [7, 11) is 0. The van der Waals surface area contributed by atoms with Crippen LogP contribution in [-0.2, 0) is 9.59 Å². The van der Waals surface area contributed by atoms with Gasteiger partial charge < -0.3 is 0 Å². The topological polar surface area (TPSA) is 82.9 Å². The third-order valence-electron chi connectivity index (χ3n) is 2.85. The van der Waals surface area contributed by atoms with Gasteiger partial charge in [0.2, 0.25) is 0 Å². The summed E-state index contributed by atoms with van der Waals surface area (Å²) in [6.45, 7) is 0. The van der Waals surface area contributed by atoms with Crippen molar-refractivity contribution in [3.8, 4) is 0 Å².